The van der Waals surface area contributed by atoms with Gasteiger partial charge < -0.3 is 4.74 Å². The molecule has 0 unspecified atom stereocenters. The lowest BCUT2D eigenvalue weighted by molar-refractivity contribution is 0.100. The van der Waals surface area contributed by atoms with Gasteiger partial charge in [0.05, 0.1) is 7.11 Å². The molecule has 0 radical (unpaired) electrons. The van der Waals surface area contributed by atoms with Gasteiger partial charge in [0.15, 0.2) is 17.2 Å². The van der Waals surface area contributed by atoms with E-state index in [1.54, 1.807) is 18.8 Å². The minimum absolute atomic E-state index is 0.0976. The molecular formula is C13H14N2O2. The number of hydrogen-bond donors (Lipinski definition) is 0. The third kappa shape index (κ3) is 1.93. The molecule has 0 saturated heterocycles. The van der Waals surface area contributed by atoms with Gasteiger partial charge in [-0.05, 0) is 0 Å². The van der Waals surface area contributed by atoms with Crippen LogP contribution in [0.4, 0.5) is 0 Å². The molecule has 0 amide bonds. The van der Waals surface area contributed by atoms with Crippen molar-refractivity contribution in [3.8, 4) is 17.0 Å². The van der Waals surface area contributed by atoms with E-state index in [4.69, 9.17) is 4.74 Å². The molecule has 0 fully saturated rings. The highest BCUT2D eigenvalue weighted by Gasteiger charge is 2.20. The molecule has 0 N–H and O–H groups in total. The topological polar surface area (TPSA) is 44.1 Å². The molecule has 2 rings (SSSR count). The van der Waals surface area contributed by atoms with Crippen LogP contribution in [-0.2, 0) is 7.05 Å². The van der Waals surface area contributed by atoms with Crippen molar-refractivity contribution in [2.75, 3.05) is 7.11 Å². The van der Waals surface area contributed by atoms with Crippen molar-refractivity contribution in [1.29, 1.82) is 0 Å². The molecule has 0 spiro atoms. The quantitative estimate of drug-likeness (QED) is 0.760. The van der Waals surface area contributed by atoms with Crippen LogP contribution in [-0.4, -0.2) is 22.7 Å². The number of rotatable bonds is 3. The normalized spacial score (nSPS) is 10.3. The van der Waals surface area contributed by atoms with Gasteiger partial charge in [-0.1, -0.05) is 30.3 Å². The monoisotopic (exact) mass is 230 g/mol. The van der Waals surface area contributed by atoms with Crippen LogP contribution in [0.1, 0.15) is 17.4 Å². The van der Waals surface area contributed by atoms with Crippen LogP contribution in [0, 0.1) is 0 Å². The fraction of sp³-hybridized carbons (Fsp3) is 0.231. The number of ether oxygens (including phenoxy) is 1. The summed E-state index contributed by atoms with van der Waals surface area (Å²) in [6, 6.07) is 9.75. The first-order valence-electron chi connectivity index (χ1n) is 5.32. The Labute approximate surface area is 99.8 Å². The fourth-order valence-corrected chi connectivity index (χ4v) is 1.84. The molecule has 88 valence electrons. The van der Waals surface area contributed by atoms with E-state index >= 15 is 0 Å². The number of carbonyl (C=O) groups excluding carboxylic acids is 1. The molecule has 0 bridgehead atoms. The van der Waals surface area contributed by atoms with Crippen molar-refractivity contribution in [2.24, 2.45) is 7.05 Å². The smallest absolute Gasteiger partial charge is 0.183 e. The van der Waals surface area contributed by atoms with Gasteiger partial charge in [-0.2, -0.15) is 5.10 Å². The molecule has 0 aliphatic heterocycles. The summed E-state index contributed by atoms with van der Waals surface area (Å²) >= 11 is 0. The number of nitrogens with zero attached hydrogens (tertiary/aromatic N) is 2. The highest BCUT2D eigenvalue weighted by Crippen LogP contribution is 2.32. The van der Waals surface area contributed by atoms with Crippen LogP contribution >= 0.6 is 0 Å². The Hall–Kier alpha value is -2.10. The van der Waals surface area contributed by atoms with Crippen molar-refractivity contribution < 1.29 is 9.53 Å². The summed E-state index contributed by atoms with van der Waals surface area (Å²) < 4.78 is 6.98. The zero-order chi connectivity index (χ0) is 12.4. The second kappa shape index (κ2) is 4.41. The molecule has 4 nitrogen and oxygen atoms in total. The van der Waals surface area contributed by atoms with Crippen LogP contribution in [0.25, 0.3) is 11.3 Å². The zero-order valence-electron chi connectivity index (χ0n) is 10.1. The standard InChI is InChI=1S/C13H14N2O2/c1-9(16)11-13(17-3)12(15(2)14-11)10-7-5-4-6-8-10/h4-8H,1-3H3. The molecule has 0 aliphatic rings. The van der Waals surface area contributed by atoms with Crippen LogP contribution in [0.15, 0.2) is 30.3 Å². The minimum Gasteiger partial charge on any atom is -0.492 e. The van der Waals surface area contributed by atoms with E-state index in [1.807, 2.05) is 30.3 Å². The highest BCUT2D eigenvalue weighted by atomic mass is 16.5. The van der Waals surface area contributed by atoms with E-state index < -0.39 is 0 Å². The highest BCUT2D eigenvalue weighted by molar-refractivity contribution is 5.97. The summed E-state index contributed by atoms with van der Waals surface area (Å²) in [6.07, 6.45) is 0. The molecule has 0 aliphatic carbocycles. The Balaban J connectivity index is 2.66. The Morgan fingerprint density at radius 3 is 2.47 bits per heavy atom. The first-order valence-corrected chi connectivity index (χ1v) is 5.32. The third-order valence-electron chi connectivity index (χ3n) is 2.59. The fourth-order valence-electron chi connectivity index (χ4n) is 1.84. The molecule has 0 atom stereocenters. The van der Waals surface area contributed by atoms with Gasteiger partial charge in [-0.3, -0.25) is 9.48 Å². The Morgan fingerprint density at radius 1 is 1.29 bits per heavy atom. The predicted molar refractivity (Wildman–Crippen MR) is 65.2 cm³/mol. The number of ketones is 1. The van der Waals surface area contributed by atoms with Crippen molar-refractivity contribution >= 4 is 5.78 Å². The largest absolute Gasteiger partial charge is 0.492 e. The average molecular weight is 230 g/mol. The van der Waals surface area contributed by atoms with Crippen LogP contribution in [0.5, 0.6) is 5.75 Å². The van der Waals surface area contributed by atoms with E-state index in [9.17, 15) is 4.79 Å². The Bertz CT molecular complexity index is 544. The lowest BCUT2D eigenvalue weighted by atomic mass is 10.1. The Kier molecular flexibility index (Phi) is 2.95. The molecular weight excluding hydrogens is 216 g/mol. The number of Topliss-reactive ketones (excluding diaryl/α,β-unsaturated/α-hetero) is 1. The second-order valence-electron chi connectivity index (χ2n) is 3.78. The van der Waals surface area contributed by atoms with Crippen molar-refractivity contribution in [1.82, 2.24) is 9.78 Å². The number of aryl methyl sites for hydroxylation is 1. The van der Waals surface area contributed by atoms with Gasteiger partial charge in [0.25, 0.3) is 0 Å². The molecule has 17 heavy (non-hydrogen) atoms. The van der Waals surface area contributed by atoms with Crippen LogP contribution < -0.4 is 4.74 Å². The lowest BCUT2D eigenvalue weighted by Crippen LogP contribution is -1.97. The predicted octanol–water partition coefficient (Wildman–Crippen LogP) is 2.30. The molecule has 2 aromatic rings. The maximum atomic E-state index is 11.5. The lowest BCUT2D eigenvalue weighted by Gasteiger charge is -2.05. The molecule has 1 heterocycles. The van der Waals surface area contributed by atoms with E-state index in [0.29, 0.717) is 11.4 Å². The third-order valence-corrected chi connectivity index (χ3v) is 2.59. The van der Waals surface area contributed by atoms with Crippen LogP contribution in [0.3, 0.4) is 0 Å². The minimum atomic E-state index is -0.0976. The van der Waals surface area contributed by atoms with Crippen molar-refractivity contribution in [3.63, 3.8) is 0 Å². The van der Waals surface area contributed by atoms with E-state index in [1.165, 1.54) is 6.92 Å². The molecule has 0 saturated carbocycles. The van der Waals surface area contributed by atoms with Gasteiger partial charge in [-0.25, -0.2) is 0 Å². The van der Waals surface area contributed by atoms with E-state index in [2.05, 4.69) is 5.10 Å². The maximum Gasteiger partial charge on any atom is 0.183 e. The van der Waals surface area contributed by atoms with Gasteiger partial charge in [0, 0.05) is 19.5 Å². The summed E-state index contributed by atoms with van der Waals surface area (Å²) in [5.74, 6) is 0.436. The summed E-state index contributed by atoms with van der Waals surface area (Å²) in [7, 11) is 3.35. The van der Waals surface area contributed by atoms with E-state index in [-0.39, 0.29) is 5.78 Å². The summed E-state index contributed by atoms with van der Waals surface area (Å²) in [5, 5.41) is 4.20. The summed E-state index contributed by atoms with van der Waals surface area (Å²) in [6.45, 7) is 1.49. The summed E-state index contributed by atoms with van der Waals surface area (Å²) in [5.41, 5.74) is 2.17. The maximum absolute atomic E-state index is 11.5. The Morgan fingerprint density at radius 2 is 1.94 bits per heavy atom. The number of aromatic nitrogens is 2. The molecule has 1 aromatic heterocycles. The van der Waals surface area contributed by atoms with Gasteiger partial charge >= 0.3 is 0 Å². The SMILES string of the molecule is COc1c(C(C)=O)nn(C)c1-c1ccccc1. The number of hydrogen-bond acceptors (Lipinski definition) is 3. The van der Waals surface area contributed by atoms with Gasteiger partial charge in [0.2, 0.25) is 0 Å². The zero-order valence-corrected chi connectivity index (χ0v) is 10.1. The van der Waals surface area contributed by atoms with Crippen LogP contribution in [0.2, 0.25) is 0 Å². The number of benzene rings is 1. The molecule has 1 aromatic carbocycles. The first kappa shape index (κ1) is 11.4. The number of carbonyl (C=O) groups is 1. The number of methoxy groups -OCH3 is 1. The van der Waals surface area contributed by atoms with Crippen molar-refractivity contribution in [3.05, 3.63) is 36.0 Å². The summed E-state index contributed by atoms with van der Waals surface area (Å²) in [4.78, 5) is 11.5. The average Bonchev–Trinajstić information content (AvgIpc) is 2.67. The first-order chi connectivity index (χ1) is 8.15. The molecule has 4 heteroatoms. The van der Waals surface area contributed by atoms with Gasteiger partial charge in [-0.15, -0.1) is 0 Å². The van der Waals surface area contributed by atoms with E-state index in [0.717, 1.165) is 11.3 Å². The second-order valence-corrected chi connectivity index (χ2v) is 3.78. The van der Waals surface area contributed by atoms with Crippen molar-refractivity contribution in [2.45, 2.75) is 6.92 Å². The van der Waals surface area contributed by atoms with Gasteiger partial charge in [0.1, 0.15) is 5.69 Å².